The van der Waals surface area contributed by atoms with Crippen LogP contribution in [0.1, 0.15) is 6.42 Å². The SMILES string of the molecule is CSCCNC(=O)NC(CCO)C(=O)O. The first-order valence-corrected chi connectivity index (χ1v) is 5.88. The summed E-state index contributed by atoms with van der Waals surface area (Å²) in [5.74, 6) is -0.380. The molecule has 6 nitrogen and oxygen atoms in total. The van der Waals surface area contributed by atoms with Crippen LogP contribution < -0.4 is 10.6 Å². The van der Waals surface area contributed by atoms with Gasteiger partial charge in [0.15, 0.2) is 0 Å². The Hall–Kier alpha value is -0.950. The van der Waals surface area contributed by atoms with Crippen LogP contribution in [0.2, 0.25) is 0 Å². The number of urea groups is 1. The third-order valence-electron chi connectivity index (χ3n) is 1.61. The fraction of sp³-hybridized carbons (Fsp3) is 0.750. The van der Waals surface area contributed by atoms with E-state index in [0.717, 1.165) is 5.75 Å². The second kappa shape index (κ2) is 8.37. The van der Waals surface area contributed by atoms with E-state index in [0.29, 0.717) is 6.54 Å². The lowest BCUT2D eigenvalue weighted by atomic mass is 10.2. The molecular weight excluding hydrogens is 220 g/mol. The molecule has 0 heterocycles. The molecule has 15 heavy (non-hydrogen) atoms. The number of aliphatic hydroxyl groups is 1. The van der Waals surface area contributed by atoms with Gasteiger partial charge in [0.25, 0.3) is 0 Å². The molecule has 0 saturated heterocycles. The van der Waals surface area contributed by atoms with Gasteiger partial charge in [0.2, 0.25) is 0 Å². The maximum absolute atomic E-state index is 11.1. The average molecular weight is 236 g/mol. The number of carboxylic acids is 1. The van der Waals surface area contributed by atoms with Gasteiger partial charge in [-0.3, -0.25) is 0 Å². The fourth-order valence-electron chi connectivity index (χ4n) is 0.862. The van der Waals surface area contributed by atoms with E-state index in [1.807, 2.05) is 6.26 Å². The smallest absolute Gasteiger partial charge is 0.326 e. The van der Waals surface area contributed by atoms with Crippen molar-refractivity contribution in [1.82, 2.24) is 10.6 Å². The number of hydrogen-bond donors (Lipinski definition) is 4. The molecule has 4 N–H and O–H groups in total. The first kappa shape index (κ1) is 14.1. The fourth-order valence-corrected chi connectivity index (χ4v) is 1.17. The van der Waals surface area contributed by atoms with E-state index >= 15 is 0 Å². The Balaban J connectivity index is 3.84. The standard InChI is InChI=1S/C8H16N2O4S/c1-15-5-3-9-8(14)10-6(2-4-11)7(12)13/h6,11H,2-5H2,1H3,(H,12,13)(H2,9,10,14). The van der Waals surface area contributed by atoms with Gasteiger partial charge in [0.05, 0.1) is 0 Å². The van der Waals surface area contributed by atoms with Gasteiger partial charge in [-0.2, -0.15) is 11.8 Å². The van der Waals surface area contributed by atoms with Crippen molar-refractivity contribution in [2.75, 3.05) is 25.2 Å². The molecule has 0 bridgehead atoms. The van der Waals surface area contributed by atoms with Crippen molar-refractivity contribution >= 4 is 23.8 Å². The largest absolute Gasteiger partial charge is 0.480 e. The molecule has 0 aromatic rings. The van der Waals surface area contributed by atoms with Gasteiger partial charge in [-0.15, -0.1) is 0 Å². The van der Waals surface area contributed by atoms with Crippen molar-refractivity contribution < 1.29 is 19.8 Å². The number of aliphatic hydroxyl groups excluding tert-OH is 1. The van der Waals surface area contributed by atoms with Crippen LogP contribution in [0.25, 0.3) is 0 Å². The number of carbonyl (C=O) groups is 2. The number of carbonyl (C=O) groups excluding carboxylic acids is 1. The highest BCUT2D eigenvalue weighted by molar-refractivity contribution is 7.98. The Morgan fingerprint density at radius 1 is 1.47 bits per heavy atom. The van der Waals surface area contributed by atoms with Gasteiger partial charge in [-0.05, 0) is 6.26 Å². The van der Waals surface area contributed by atoms with Crippen LogP contribution in [0.5, 0.6) is 0 Å². The highest BCUT2D eigenvalue weighted by Gasteiger charge is 2.18. The van der Waals surface area contributed by atoms with Crippen LogP contribution in [-0.2, 0) is 4.79 Å². The van der Waals surface area contributed by atoms with Gasteiger partial charge >= 0.3 is 12.0 Å². The lowest BCUT2D eigenvalue weighted by Gasteiger charge is -2.13. The summed E-state index contributed by atoms with van der Waals surface area (Å²) in [6, 6.07) is -1.56. The molecule has 0 spiro atoms. The Morgan fingerprint density at radius 2 is 2.13 bits per heavy atom. The van der Waals surface area contributed by atoms with E-state index in [9.17, 15) is 9.59 Å². The third-order valence-corrected chi connectivity index (χ3v) is 2.23. The number of nitrogens with one attached hydrogen (secondary N) is 2. The Morgan fingerprint density at radius 3 is 2.60 bits per heavy atom. The predicted molar refractivity (Wildman–Crippen MR) is 58.0 cm³/mol. The Labute approximate surface area is 92.4 Å². The monoisotopic (exact) mass is 236 g/mol. The molecule has 0 aliphatic heterocycles. The molecule has 0 saturated carbocycles. The maximum atomic E-state index is 11.1. The van der Waals surface area contributed by atoms with Crippen LogP contribution in [0.4, 0.5) is 4.79 Å². The lowest BCUT2D eigenvalue weighted by Crippen LogP contribution is -2.46. The predicted octanol–water partition coefficient (Wildman–Crippen LogP) is -0.516. The summed E-state index contributed by atoms with van der Waals surface area (Å²) in [5, 5.41) is 22.0. The van der Waals surface area contributed by atoms with Crippen molar-refractivity contribution in [3.63, 3.8) is 0 Å². The van der Waals surface area contributed by atoms with Gasteiger partial charge in [-0.25, -0.2) is 9.59 Å². The topological polar surface area (TPSA) is 98.7 Å². The molecule has 0 aromatic carbocycles. The van der Waals surface area contributed by atoms with Crippen LogP contribution in [0, 0.1) is 0 Å². The molecular formula is C8H16N2O4S. The second-order valence-electron chi connectivity index (χ2n) is 2.80. The van der Waals surface area contributed by atoms with E-state index in [4.69, 9.17) is 10.2 Å². The van der Waals surface area contributed by atoms with E-state index in [1.165, 1.54) is 0 Å². The van der Waals surface area contributed by atoms with Crippen molar-refractivity contribution in [3.05, 3.63) is 0 Å². The Bertz CT molecular complexity index is 213. The maximum Gasteiger partial charge on any atom is 0.326 e. The van der Waals surface area contributed by atoms with Crippen LogP contribution in [0.15, 0.2) is 0 Å². The summed E-state index contributed by atoms with van der Waals surface area (Å²) >= 11 is 1.58. The number of aliphatic carboxylic acids is 1. The highest BCUT2D eigenvalue weighted by atomic mass is 32.2. The zero-order valence-electron chi connectivity index (χ0n) is 8.52. The molecule has 88 valence electrons. The highest BCUT2D eigenvalue weighted by Crippen LogP contribution is 1.91. The molecule has 0 fully saturated rings. The molecule has 0 aromatic heterocycles. The number of thioether (sulfide) groups is 1. The van der Waals surface area contributed by atoms with E-state index in [1.54, 1.807) is 11.8 Å². The lowest BCUT2D eigenvalue weighted by molar-refractivity contribution is -0.139. The third kappa shape index (κ3) is 7.03. The summed E-state index contributed by atoms with van der Waals surface area (Å²) in [6.07, 6.45) is 1.91. The second-order valence-corrected chi connectivity index (χ2v) is 3.78. The molecule has 2 amide bonds. The summed E-state index contributed by atoms with van der Waals surface area (Å²) in [5.41, 5.74) is 0. The van der Waals surface area contributed by atoms with Crippen molar-refractivity contribution in [3.8, 4) is 0 Å². The molecule has 1 unspecified atom stereocenters. The molecule has 0 aliphatic rings. The van der Waals surface area contributed by atoms with Gasteiger partial charge in [-0.1, -0.05) is 0 Å². The molecule has 7 heteroatoms. The van der Waals surface area contributed by atoms with Gasteiger partial charge < -0.3 is 20.8 Å². The minimum atomic E-state index is -1.15. The normalized spacial score (nSPS) is 11.9. The van der Waals surface area contributed by atoms with Crippen LogP contribution >= 0.6 is 11.8 Å². The first-order valence-electron chi connectivity index (χ1n) is 4.48. The minimum Gasteiger partial charge on any atom is -0.480 e. The number of rotatable bonds is 7. The van der Waals surface area contributed by atoms with Crippen molar-refractivity contribution in [2.24, 2.45) is 0 Å². The summed E-state index contributed by atoms with van der Waals surface area (Å²) in [6.45, 7) is 0.209. The molecule has 0 radical (unpaired) electrons. The van der Waals surface area contributed by atoms with Gasteiger partial charge in [0.1, 0.15) is 6.04 Å². The van der Waals surface area contributed by atoms with E-state index < -0.39 is 18.0 Å². The zero-order chi connectivity index (χ0) is 11.7. The molecule has 0 rings (SSSR count). The first-order chi connectivity index (χ1) is 7.11. The van der Waals surface area contributed by atoms with E-state index in [2.05, 4.69) is 10.6 Å². The van der Waals surface area contributed by atoms with Gasteiger partial charge in [0, 0.05) is 25.3 Å². The minimum absolute atomic E-state index is 0.00524. The van der Waals surface area contributed by atoms with Crippen LogP contribution in [-0.4, -0.2) is 53.4 Å². The van der Waals surface area contributed by atoms with Crippen LogP contribution in [0.3, 0.4) is 0 Å². The molecule has 0 aliphatic carbocycles. The zero-order valence-corrected chi connectivity index (χ0v) is 9.34. The summed E-state index contributed by atoms with van der Waals surface area (Å²) in [4.78, 5) is 21.7. The van der Waals surface area contributed by atoms with E-state index in [-0.39, 0.29) is 13.0 Å². The quantitative estimate of drug-likeness (QED) is 0.446. The number of carboxylic acid groups (broad SMARTS) is 1. The Kier molecular flexibility index (Phi) is 7.84. The number of hydrogen-bond acceptors (Lipinski definition) is 4. The summed E-state index contributed by atoms with van der Waals surface area (Å²) in [7, 11) is 0. The average Bonchev–Trinajstić information content (AvgIpc) is 2.17. The molecule has 1 atom stereocenters. The number of amides is 2. The van der Waals surface area contributed by atoms with Crippen molar-refractivity contribution in [1.29, 1.82) is 0 Å². The van der Waals surface area contributed by atoms with Crippen molar-refractivity contribution in [2.45, 2.75) is 12.5 Å². The summed E-state index contributed by atoms with van der Waals surface area (Å²) < 4.78 is 0.